The molecule has 0 aromatic heterocycles. The van der Waals surface area contributed by atoms with Gasteiger partial charge in [0.15, 0.2) is 6.16 Å². The van der Waals surface area contributed by atoms with Gasteiger partial charge in [0, 0.05) is 0 Å². The van der Waals surface area contributed by atoms with Gasteiger partial charge >= 0.3 is 7.95 Å². The first-order chi connectivity index (χ1) is 3.63. The minimum absolute atomic E-state index is 0.0640. The molecule has 1 unspecified atom stereocenters. The Morgan fingerprint density at radius 2 is 2.12 bits per heavy atom. The van der Waals surface area contributed by atoms with E-state index in [4.69, 9.17) is 5.50 Å². The van der Waals surface area contributed by atoms with Gasteiger partial charge in [0.2, 0.25) is 10.3 Å². The van der Waals surface area contributed by atoms with Gasteiger partial charge in [-0.1, -0.05) is 4.57 Å². The summed E-state index contributed by atoms with van der Waals surface area (Å²) < 4.78 is 29.3. The van der Waals surface area contributed by atoms with Gasteiger partial charge in [-0.2, -0.15) is 8.42 Å². The van der Waals surface area contributed by atoms with Gasteiger partial charge < -0.3 is 0 Å². The molecule has 2 N–H and O–H groups in total. The maximum absolute atomic E-state index is 9.97. The van der Waals surface area contributed by atoms with Crippen LogP contribution in [0, 0.1) is 0 Å². The Hall–Kier alpha value is -0.250. The van der Waals surface area contributed by atoms with Crippen LogP contribution >= 0.6 is 7.95 Å². The SMILES string of the molecule is N[P+](=O)CC=S(=O)=O. The summed E-state index contributed by atoms with van der Waals surface area (Å²) in [5, 5.41) is 0.874. The second-order valence-electron chi connectivity index (χ2n) is 1.03. The van der Waals surface area contributed by atoms with E-state index in [1.54, 1.807) is 0 Å². The van der Waals surface area contributed by atoms with Crippen LogP contribution in [-0.2, 0) is 14.9 Å². The summed E-state index contributed by atoms with van der Waals surface area (Å²) in [6.07, 6.45) is -0.0640. The Morgan fingerprint density at radius 1 is 1.62 bits per heavy atom. The summed E-state index contributed by atoms with van der Waals surface area (Å²) in [7, 11) is -4.06. The summed E-state index contributed by atoms with van der Waals surface area (Å²) in [4.78, 5) is 0. The van der Waals surface area contributed by atoms with Crippen molar-refractivity contribution in [3.05, 3.63) is 0 Å². The van der Waals surface area contributed by atoms with E-state index < -0.39 is 18.2 Å². The van der Waals surface area contributed by atoms with Crippen molar-refractivity contribution in [3.8, 4) is 0 Å². The van der Waals surface area contributed by atoms with Crippen LogP contribution in [0.25, 0.3) is 0 Å². The van der Waals surface area contributed by atoms with Gasteiger partial charge in [-0.05, 0) is 0 Å². The van der Waals surface area contributed by atoms with Crippen molar-refractivity contribution in [3.63, 3.8) is 0 Å². The highest BCUT2D eigenvalue weighted by Gasteiger charge is 2.01. The van der Waals surface area contributed by atoms with Crippen LogP contribution in [0.4, 0.5) is 0 Å². The molecule has 0 heterocycles. The maximum Gasteiger partial charge on any atom is 0.434 e. The van der Waals surface area contributed by atoms with E-state index >= 15 is 0 Å². The third kappa shape index (κ3) is 5.75. The molecule has 0 bridgehead atoms. The molecule has 0 fully saturated rings. The lowest BCUT2D eigenvalue weighted by Crippen LogP contribution is -1.86. The quantitative estimate of drug-likeness (QED) is 0.424. The standard InChI is InChI=1S/C2H5NO3PS/c3-7(4)1-2-8(5)6/h2H,1H2,(H2,3,4)/q+1. The molecule has 1 atom stereocenters. The summed E-state index contributed by atoms with van der Waals surface area (Å²) >= 11 is 0. The molecule has 0 aromatic carbocycles. The largest absolute Gasteiger partial charge is 0.434 e. The Balaban J connectivity index is 3.81. The molecule has 0 aliphatic heterocycles. The highest BCUT2D eigenvalue weighted by atomic mass is 32.2. The molecule has 4 nitrogen and oxygen atoms in total. The first-order valence-corrected chi connectivity index (χ1v) is 4.39. The van der Waals surface area contributed by atoms with E-state index in [1.807, 2.05) is 0 Å². The van der Waals surface area contributed by atoms with Crippen LogP contribution in [0.15, 0.2) is 0 Å². The van der Waals surface area contributed by atoms with Crippen LogP contribution < -0.4 is 5.50 Å². The summed E-state index contributed by atoms with van der Waals surface area (Å²) in [6, 6.07) is 0. The monoisotopic (exact) mass is 154 g/mol. The van der Waals surface area contributed by atoms with Crippen LogP contribution in [0.3, 0.4) is 0 Å². The average molecular weight is 154 g/mol. The summed E-state index contributed by atoms with van der Waals surface area (Å²) in [5.74, 6) is 0. The fourth-order valence-electron chi connectivity index (χ4n) is 0.134. The normalized spacial score (nSPS) is 10.4. The lowest BCUT2D eigenvalue weighted by Gasteiger charge is -1.59. The Bertz CT molecular complexity index is 197. The molecule has 0 rings (SSSR count). The van der Waals surface area contributed by atoms with Gasteiger partial charge in [-0.25, -0.2) is 0 Å². The fourth-order valence-corrected chi connectivity index (χ4v) is 1.21. The van der Waals surface area contributed by atoms with E-state index in [-0.39, 0.29) is 6.16 Å². The Kier molecular flexibility index (Phi) is 3.60. The molecule has 0 spiro atoms. The predicted octanol–water partition coefficient (Wildman–Crippen LogP) is -0.631. The van der Waals surface area contributed by atoms with E-state index in [0.717, 1.165) is 5.37 Å². The molecule has 0 saturated heterocycles. The Labute approximate surface area is 49.1 Å². The molecular weight excluding hydrogens is 149 g/mol. The van der Waals surface area contributed by atoms with Gasteiger partial charge in [-0.15, -0.1) is 5.50 Å². The first-order valence-electron chi connectivity index (χ1n) is 1.73. The third-order valence-electron chi connectivity index (χ3n) is 0.391. The van der Waals surface area contributed by atoms with Gasteiger partial charge in [0.1, 0.15) is 0 Å². The van der Waals surface area contributed by atoms with Crippen molar-refractivity contribution >= 4 is 23.6 Å². The maximum atomic E-state index is 9.97. The van der Waals surface area contributed by atoms with Gasteiger partial charge in [0.05, 0.1) is 5.37 Å². The summed E-state index contributed by atoms with van der Waals surface area (Å²) in [5.41, 5.74) is 4.75. The molecule has 8 heavy (non-hydrogen) atoms. The van der Waals surface area contributed by atoms with E-state index in [1.165, 1.54) is 0 Å². The van der Waals surface area contributed by atoms with E-state index in [0.29, 0.717) is 0 Å². The molecule has 0 aromatic rings. The zero-order chi connectivity index (χ0) is 6.57. The molecule has 0 radical (unpaired) electrons. The number of hydrogen-bond donors (Lipinski definition) is 1. The Morgan fingerprint density at radius 3 is 2.25 bits per heavy atom. The average Bonchev–Trinajstić information content (AvgIpc) is 1.61. The van der Waals surface area contributed by atoms with Crippen molar-refractivity contribution < 1.29 is 13.0 Å². The lowest BCUT2D eigenvalue weighted by atomic mass is 11.0. The molecule has 0 saturated carbocycles. The van der Waals surface area contributed by atoms with Crippen LogP contribution in [-0.4, -0.2) is 19.9 Å². The van der Waals surface area contributed by atoms with E-state index in [9.17, 15) is 13.0 Å². The predicted molar refractivity (Wildman–Crippen MR) is 31.6 cm³/mol. The molecule has 0 amide bonds. The topological polar surface area (TPSA) is 77.2 Å². The number of rotatable bonds is 2. The van der Waals surface area contributed by atoms with Crippen molar-refractivity contribution in [1.29, 1.82) is 0 Å². The third-order valence-corrected chi connectivity index (χ3v) is 1.62. The van der Waals surface area contributed by atoms with Crippen LogP contribution in [0.2, 0.25) is 0 Å². The van der Waals surface area contributed by atoms with Crippen molar-refractivity contribution in [2.24, 2.45) is 5.50 Å². The first kappa shape index (κ1) is 7.75. The van der Waals surface area contributed by atoms with Gasteiger partial charge in [0.25, 0.3) is 0 Å². The minimum Gasteiger partial charge on any atom is -0.185 e. The second kappa shape index (κ2) is 3.72. The zero-order valence-corrected chi connectivity index (χ0v) is 5.65. The molecule has 0 aliphatic carbocycles. The van der Waals surface area contributed by atoms with Crippen LogP contribution in [0.1, 0.15) is 0 Å². The number of nitrogens with two attached hydrogens (primary N) is 1. The fraction of sp³-hybridized carbons (Fsp3) is 0.500. The zero-order valence-electron chi connectivity index (χ0n) is 3.94. The molecule has 46 valence electrons. The molecule has 6 heteroatoms. The van der Waals surface area contributed by atoms with Crippen LogP contribution in [0.5, 0.6) is 0 Å². The highest BCUT2D eigenvalue weighted by molar-refractivity contribution is 7.72. The smallest absolute Gasteiger partial charge is 0.185 e. The minimum atomic E-state index is -2.22. The molecular formula is C2H5NO3PS+. The van der Waals surface area contributed by atoms with E-state index in [2.05, 4.69) is 0 Å². The van der Waals surface area contributed by atoms with Crippen molar-refractivity contribution in [2.45, 2.75) is 0 Å². The lowest BCUT2D eigenvalue weighted by molar-refractivity contribution is 0.591. The summed E-state index contributed by atoms with van der Waals surface area (Å²) in [6.45, 7) is 0. The number of hydrogen-bond acceptors (Lipinski definition) is 3. The molecule has 0 aliphatic rings. The van der Waals surface area contributed by atoms with Crippen molar-refractivity contribution in [1.82, 2.24) is 0 Å². The van der Waals surface area contributed by atoms with Crippen molar-refractivity contribution in [2.75, 3.05) is 6.16 Å². The van der Waals surface area contributed by atoms with Gasteiger partial charge in [-0.3, -0.25) is 0 Å². The second-order valence-corrected chi connectivity index (χ2v) is 3.08. The highest BCUT2D eigenvalue weighted by Crippen LogP contribution is 2.01.